The van der Waals surface area contributed by atoms with E-state index in [0.29, 0.717) is 25.8 Å². The number of nitrogens with zero attached hydrogens (tertiary/aromatic N) is 6. The molecule has 0 aliphatic rings. The zero-order valence-corrected chi connectivity index (χ0v) is 16.0. The van der Waals surface area contributed by atoms with Crippen LogP contribution in [0.15, 0.2) is 15.3 Å². The molecule has 0 saturated carbocycles. The van der Waals surface area contributed by atoms with E-state index in [-0.39, 0.29) is 18.1 Å². The zero-order valence-electron chi connectivity index (χ0n) is 16.0. The van der Waals surface area contributed by atoms with Crippen molar-refractivity contribution in [3.05, 3.63) is 0 Å². The second-order valence-electron chi connectivity index (χ2n) is 6.81. The molecule has 0 fully saturated rings. The van der Waals surface area contributed by atoms with E-state index in [4.69, 9.17) is 32.8 Å². The molecular weight excluding hydrogens is 332 g/mol. The van der Waals surface area contributed by atoms with Crippen molar-refractivity contribution in [2.24, 2.45) is 26.8 Å². The Morgan fingerprint density at radius 1 is 1.08 bits per heavy atom. The van der Waals surface area contributed by atoms with Gasteiger partial charge in [-0.3, -0.25) is 10.8 Å². The Balaban J connectivity index is 5.99. The molecule has 10 nitrogen and oxygen atoms in total. The van der Waals surface area contributed by atoms with Crippen LogP contribution < -0.4 is 11.5 Å². The Labute approximate surface area is 154 Å². The van der Waals surface area contributed by atoms with Crippen LogP contribution in [0.5, 0.6) is 0 Å². The average Bonchev–Trinajstić information content (AvgIpc) is 2.55. The van der Waals surface area contributed by atoms with Crippen LogP contribution in [-0.2, 0) is 0 Å². The van der Waals surface area contributed by atoms with E-state index in [2.05, 4.69) is 21.4 Å². The molecule has 0 amide bonds. The number of amidine groups is 2. The van der Waals surface area contributed by atoms with Gasteiger partial charge in [-0.15, -0.1) is 5.11 Å². The number of hydrogen-bond acceptors (Lipinski definition) is 7. The summed E-state index contributed by atoms with van der Waals surface area (Å²) in [6.07, 6.45) is 0.854. The highest BCUT2D eigenvalue weighted by Crippen LogP contribution is 2.21. The Hall–Kier alpha value is -2.88. The summed E-state index contributed by atoms with van der Waals surface area (Å²) >= 11 is 0. The van der Waals surface area contributed by atoms with E-state index in [0.717, 1.165) is 0 Å². The summed E-state index contributed by atoms with van der Waals surface area (Å²) in [5.41, 5.74) is 9.34. The molecule has 6 N–H and O–H groups in total. The van der Waals surface area contributed by atoms with E-state index in [9.17, 15) is 0 Å². The molecular formula is C16H29N10+. The van der Waals surface area contributed by atoms with Crippen LogP contribution >= 0.6 is 0 Å². The molecule has 26 heavy (non-hydrogen) atoms. The van der Waals surface area contributed by atoms with E-state index in [1.807, 2.05) is 6.07 Å². The highest BCUT2D eigenvalue weighted by molar-refractivity contribution is 5.86. The second kappa shape index (κ2) is 10.2. The molecule has 0 aromatic rings. The quantitative estimate of drug-likeness (QED) is 0.144. The molecule has 0 bridgehead atoms. The van der Waals surface area contributed by atoms with Gasteiger partial charge in [-0.1, -0.05) is 4.70 Å². The normalized spacial score (nSPS) is 13.8. The summed E-state index contributed by atoms with van der Waals surface area (Å²) in [6, 6.07) is 4.10. The van der Waals surface area contributed by atoms with Crippen LogP contribution in [0.1, 0.15) is 53.4 Å². The standard InChI is InChI=1S/C16H29N10/c1-15(2,13(19)20)25-26(16(3,4)14(21)22)12(8-7-10-18)24-23-11-6-5-9-17/h12H,5-8,11H2,1-4H3,(H3,19,20)(H3,21,22)/q+1. The summed E-state index contributed by atoms with van der Waals surface area (Å²) in [7, 11) is 0. The third-order valence-corrected chi connectivity index (χ3v) is 3.81. The van der Waals surface area contributed by atoms with Crippen molar-refractivity contribution in [1.82, 2.24) is 0 Å². The molecule has 0 heterocycles. The third-order valence-electron chi connectivity index (χ3n) is 3.81. The van der Waals surface area contributed by atoms with Crippen LogP contribution in [0.3, 0.4) is 0 Å². The molecule has 142 valence electrons. The molecule has 10 heteroatoms. The number of rotatable bonds is 11. The number of hydrogen-bond donors (Lipinski definition) is 4. The SMILES string of the molecule is CC(C)(N=[N+](C(CCC#N)N=NCCCC#N)C(C)(C)C(=N)N)C(=N)N. The van der Waals surface area contributed by atoms with Crippen LogP contribution in [0, 0.1) is 33.5 Å². The molecule has 0 aromatic carbocycles. The highest BCUT2D eigenvalue weighted by atomic mass is 15.4. The van der Waals surface area contributed by atoms with Gasteiger partial charge in [-0.25, -0.2) is 0 Å². The summed E-state index contributed by atoms with van der Waals surface area (Å²) in [5, 5.41) is 46.0. The average molecular weight is 361 g/mol. The van der Waals surface area contributed by atoms with Crippen molar-refractivity contribution in [3.63, 3.8) is 0 Å². The number of nitriles is 2. The Morgan fingerprint density at radius 2 is 1.65 bits per heavy atom. The first-order valence-electron chi connectivity index (χ1n) is 8.32. The van der Waals surface area contributed by atoms with Crippen molar-refractivity contribution >= 4 is 11.7 Å². The van der Waals surface area contributed by atoms with Gasteiger partial charge < -0.3 is 11.5 Å². The molecule has 0 aromatic heterocycles. The number of nitrogens with one attached hydrogen (secondary N) is 2. The first-order chi connectivity index (χ1) is 12.0. The van der Waals surface area contributed by atoms with E-state index < -0.39 is 17.2 Å². The van der Waals surface area contributed by atoms with Crippen LogP contribution in [0.25, 0.3) is 0 Å². The lowest BCUT2D eigenvalue weighted by atomic mass is 10.0. The topological polar surface area (TPSA) is 187 Å². The highest BCUT2D eigenvalue weighted by Gasteiger charge is 2.44. The molecule has 0 aliphatic carbocycles. The van der Waals surface area contributed by atoms with Crippen LogP contribution in [-0.4, -0.2) is 40.2 Å². The van der Waals surface area contributed by atoms with Gasteiger partial charge in [0.15, 0.2) is 11.4 Å². The Bertz CT molecular complexity index is 645. The summed E-state index contributed by atoms with van der Waals surface area (Å²) in [5.74, 6) is -0.283. The van der Waals surface area contributed by atoms with E-state index in [1.165, 1.54) is 4.70 Å². The summed E-state index contributed by atoms with van der Waals surface area (Å²) in [4.78, 5) is 0. The fourth-order valence-electron chi connectivity index (χ4n) is 1.81. The maximum atomic E-state index is 8.94. The molecule has 0 radical (unpaired) electrons. The van der Waals surface area contributed by atoms with Crippen LogP contribution in [0.4, 0.5) is 0 Å². The Morgan fingerprint density at radius 3 is 2.12 bits per heavy atom. The Kier molecular flexibility index (Phi) is 9.06. The predicted molar refractivity (Wildman–Crippen MR) is 97.9 cm³/mol. The third kappa shape index (κ3) is 6.93. The van der Waals surface area contributed by atoms with Gasteiger partial charge in [-0.2, -0.15) is 15.6 Å². The van der Waals surface area contributed by atoms with Crippen molar-refractivity contribution < 1.29 is 4.70 Å². The fourth-order valence-corrected chi connectivity index (χ4v) is 1.81. The van der Waals surface area contributed by atoms with Gasteiger partial charge in [0.25, 0.3) is 6.17 Å². The van der Waals surface area contributed by atoms with Crippen molar-refractivity contribution in [1.29, 1.82) is 21.3 Å². The van der Waals surface area contributed by atoms with Crippen LogP contribution in [0.2, 0.25) is 0 Å². The summed E-state index contributed by atoms with van der Waals surface area (Å²) in [6.45, 7) is 7.13. The minimum Gasteiger partial charge on any atom is -0.385 e. The number of azo groups is 3. The van der Waals surface area contributed by atoms with Gasteiger partial charge in [0.1, 0.15) is 5.84 Å². The van der Waals surface area contributed by atoms with Crippen molar-refractivity contribution in [2.75, 3.05) is 6.54 Å². The first kappa shape index (κ1) is 23.1. The maximum absolute atomic E-state index is 8.94. The zero-order chi connectivity index (χ0) is 20.4. The lowest BCUT2D eigenvalue weighted by molar-refractivity contribution is -0.677. The molecule has 0 saturated heterocycles. The monoisotopic (exact) mass is 361 g/mol. The maximum Gasteiger partial charge on any atom is 0.289 e. The van der Waals surface area contributed by atoms with Gasteiger partial charge in [0.05, 0.1) is 18.7 Å². The minimum atomic E-state index is -1.03. The largest absolute Gasteiger partial charge is 0.385 e. The van der Waals surface area contributed by atoms with Crippen molar-refractivity contribution in [3.8, 4) is 12.1 Å². The smallest absolute Gasteiger partial charge is 0.289 e. The molecule has 0 aliphatic heterocycles. The number of unbranched alkanes of at least 4 members (excludes halogenated alkanes) is 1. The number of nitrogens with two attached hydrogens (primary N) is 2. The predicted octanol–water partition coefficient (Wildman–Crippen LogP) is 2.27. The van der Waals surface area contributed by atoms with E-state index >= 15 is 0 Å². The van der Waals surface area contributed by atoms with Gasteiger partial charge in [0.2, 0.25) is 5.54 Å². The first-order valence-corrected chi connectivity index (χ1v) is 8.32. The van der Waals surface area contributed by atoms with Gasteiger partial charge in [0, 0.05) is 33.1 Å². The fraction of sp³-hybridized carbons (Fsp3) is 0.750. The molecule has 1 atom stereocenters. The van der Waals surface area contributed by atoms with Gasteiger partial charge in [-0.05, 0) is 25.4 Å². The summed E-state index contributed by atoms with van der Waals surface area (Å²) < 4.78 is 1.50. The molecule has 0 spiro atoms. The van der Waals surface area contributed by atoms with E-state index in [1.54, 1.807) is 27.7 Å². The van der Waals surface area contributed by atoms with Gasteiger partial charge >= 0.3 is 0 Å². The second-order valence-corrected chi connectivity index (χ2v) is 6.81. The lowest BCUT2D eigenvalue weighted by Gasteiger charge is -2.25. The minimum absolute atomic E-state index is 0.137. The molecule has 0 rings (SSSR count). The lowest BCUT2D eigenvalue weighted by Crippen LogP contribution is -2.52. The molecule has 1 unspecified atom stereocenters. The van der Waals surface area contributed by atoms with Crippen molar-refractivity contribution in [2.45, 2.75) is 70.6 Å².